The van der Waals surface area contributed by atoms with Crippen molar-refractivity contribution in [3.05, 3.63) is 82.5 Å². The van der Waals surface area contributed by atoms with Gasteiger partial charge in [-0.3, -0.25) is 0 Å². The van der Waals surface area contributed by atoms with E-state index in [1.807, 2.05) is 39.0 Å². The number of ether oxygens (including phenoxy) is 1. The van der Waals surface area contributed by atoms with E-state index in [0.29, 0.717) is 17.2 Å². The van der Waals surface area contributed by atoms with Gasteiger partial charge < -0.3 is 10.1 Å². The van der Waals surface area contributed by atoms with Gasteiger partial charge in [-0.1, -0.05) is 30.3 Å². The normalized spacial score (nSPS) is 10.7. The van der Waals surface area contributed by atoms with Gasteiger partial charge in [-0.15, -0.1) is 0 Å². The molecule has 2 aromatic heterocycles. The van der Waals surface area contributed by atoms with Gasteiger partial charge in [0.1, 0.15) is 5.82 Å². The van der Waals surface area contributed by atoms with Gasteiger partial charge in [0.2, 0.25) is 0 Å². The second-order valence-corrected chi connectivity index (χ2v) is 7.26. The van der Waals surface area contributed by atoms with E-state index in [2.05, 4.69) is 15.1 Å². The number of nitrogens with one attached hydrogen (secondary N) is 1. The molecule has 0 saturated heterocycles. The number of nitrogens with zero attached hydrogens (tertiary/aromatic N) is 4. The molecular formula is C24H21N5O2. The van der Waals surface area contributed by atoms with E-state index in [1.54, 1.807) is 34.8 Å². The van der Waals surface area contributed by atoms with E-state index in [1.165, 1.54) is 7.11 Å². The summed E-state index contributed by atoms with van der Waals surface area (Å²) in [6, 6.07) is 14.8. The van der Waals surface area contributed by atoms with Crippen LogP contribution in [0.4, 0.5) is 17.2 Å². The SMILES string of the molecule is [C-]#[N+]c1ccc(Nc2cc(C(=O)OC)nc3c(-c4c(C)cccc4C)c(C)nn23)cc1. The van der Waals surface area contributed by atoms with Crippen molar-refractivity contribution < 1.29 is 9.53 Å². The summed E-state index contributed by atoms with van der Waals surface area (Å²) in [5.74, 6) is 0.0433. The number of esters is 1. The van der Waals surface area contributed by atoms with Crippen molar-refractivity contribution in [1.82, 2.24) is 14.6 Å². The fraction of sp³-hybridized carbons (Fsp3) is 0.167. The van der Waals surface area contributed by atoms with Gasteiger partial charge in [0.25, 0.3) is 0 Å². The first kappa shape index (κ1) is 20.1. The van der Waals surface area contributed by atoms with Gasteiger partial charge in [-0.25, -0.2) is 14.6 Å². The van der Waals surface area contributed by atoms with Crippen LogP contribution in [0.25, 0.3) is 21.6 Å². The zero-order valence-corrected chi connectivity index (χ0v) is 17.7. The molecular weight excluding hydrogens is 390 g/mol. The van der Waals surface area contributed by atoms with Crippen LogP contribution in [-0.2, 0) is 4.74 Å². The van der Waals surface area contributed by atoms with Crippen molar-refractivity contribution in [3.8, 4) is 11.1 Å². The first-order valence-corrected chi connectivity index (χ1v) is 9.72. The van der Waals surface area contributed by atoms with Crippen molar-refractivity contribution in [3.63, 3.8) is 0 Å². The minimum absolute atomic E-state index is 0.183. The number of aromatic nitrogens is 3. The van der Waals surface area contributed by atoms with Crippen molar-refractivity contribution in [2.75, 3.05) is 12.4 Å². The van der Waals surface area contributed by atoms with Crippen molar-refractivity contribution in [1.29, 1.82) is 0 Å². The number of rotatable bonds is 4. The molecule has 0 radical (unpaired) electrons. The molecule has 4 rings (SSSR count). The summed E-state index contributed by atoms with van der Waals surface area (Å²) in [5.41, 5.74) is 7.01. The predicted molar refractivity (Wildman–Crippen MR) is 120 cm³/mol. The maximum atomic E-state index is 12.4. The first-order valence-electron chi connectivity index (χ1n) is 9.72. The first-order chi connectivity index (χ1) is 14.9. The number of anilines is 2. The number of carbonyl (C=O) groups excluding carboxylic acids is 1. The summed E-state index contributed by atoms with van der Waals surface area (Å²) in [6.07, 6.45) is 0. The van der Waals surface area contributed by atoms with Gasteiger partial charge in [0, 0.05) is 11.8 Å². The van der Waals surface area contributed by atoms with E-state index in [9.17, 15) is 4.79 Å². The van der Waals surface area contributed by atoms with E-state index in [-0.39, 0.29) is 5.69 Å². The van der Waals surface area contributed by atoms with Crippen LogP contribution >= 0.6 is 0 Å². The Bertz CT molecular complexity index is 1330. The van der Waals surface area contributed by atoms with Crippen molar-refractivity contribution in [2.45, 2.75) is 20.8 Å². The maximum Gasteiger partial charge on any atom is 0.356 e. The highest BCUT2D eigenvalue weighted by Crippen LogP contribution is 2.34. The third-order valence-corrected chi connectivity index (χ3v) is 5.16. The molecule has 7 heteroatoms. The minimum Gasteiger partial charge on any atom is -0.464 e. The molecule has 0 fully saturated rings. The van der Waals surface area contributed by atoms with Gasteiger partial charge >= 0.3 is 5.97 Å². The fourth-order valence-corrected chi connectivity index (χ4v) is 3.69. The molecule has 0 saturated carbocycles. The molecule has 0 spiro atoms. The summed E-state index contributed by atoms with van der Waals surface area (Å²) in [6.45, 7) is 13.1. The molecule has 0 aliphatic rings. The Kier molecular flexibility index (Phi) is 5.14. The van der Waals surface area contributed by atoms with Crippen LogP contribution in [0.3, 0.4) is 0 Å². The Morgan fingerprint density at radius 1 is 1.06 bits per heavy atom. The molecule has 0 atom stereocenters. The van der Waals surface area contributed by atoms with E-state index >= 15 is 0 Å². The molecule has 1 N–H and O–H groups in total. The third-order valence-electron chi connectivity index (χ3n) is 5.16. The van der Waals surface area contributed by atoms with Gasteiger partial charge in [-0.05, 0) is 49.6 Å². The van der Waals surface area contributed by atoms with Crippen molar-refractivity contribution >= 4 is 28.8 Å². The molecule has 0 aliphatic heterocycles. The summed E-state index contributed by atoms with van der Waals surface area (Å²) in [5, 5.41) is 8.01. The van der Waals surface area contributed by atoms with Gasteiger partial charge in [0.15, 0.2) is 17.0 Å². The fourth-order valence-electron chi connectivity index (χ4n) is 3.69. The molecule has 0 unspecified atom stereocenters. The molecule has 2 heterocycles. The zero-order valence-electron chi connectivity index (χ0n) is 17.7. The lowest BCUT2D eigenvalue weighted by molar-refractivity contribution is 0.0594. The van der Waals surface area contributed by atoms with Gasteiger partial charge in [0.05, 0.1) is 24.9 Å². The highest BCUT2D eigenvalue weighted by atomic mass is 16.5. The number of aryl methyl sites for hydroxylation is 3. The molecule has 7 nitrogen and oxygen atoms in total. The maximum absolute atomic E-state index is 12.4. The molecule has 4 aromatic rings. The molecule has 31 heavy (non-hydrogen) atoms. The van der Waals surface area contributed by atoms with E-state index in [4.69, 9.17) is 16.4 Å². The molecule has 154 valence electrons. The second kappa shape index (κ2) is 7.92. The standard InChI is InChI=1S/C24H21N5O2/c1-14-7-6-8-15(2)21(14)22-16(3)28-29-20(13-19(24(30)31-5)27-23(22)29)26-18-11-9-17(25-4)10-12-18/h6-13,26H,1-3,5H3. The Morgan fingerprint density at radius 3 is 2.35 bits per heavy atom. The summed E-state index contributed by atoms with van der Waals surface area (Å²) in [7, 11) is 1.33. The Hall–Kier alpha value is -4.18. The van der Waals surface area contributed by atoms with Crippen LogP contribution in [0.1, 0.15) is 27.3 Å². The summed E-state index contributed by atoms with van der Waals surface area (Å²) < 4.78 is 6.63. The lowest BCUT2D eigenvalue weighted by Crippen LogP contribution is -2.09. The zero-order chi connectivity index (χ0) is 22.1. The van der Waals surface area contributed by atoms with Crippen LogP contribution in [0.2, 0.25) is 0 Å². The Labute approximate surface area is 180 Å². The van der Waals surface area contributed by atoms with Gasteiger partial charge in [-0.2, -0.15) is 9.61 Å². The van der Waals surface area contributed by atoms with Crippen LogP contribution in [0.5, 0.6) is 0 Å². The minimum atomic E-state index is -0.528. The third kappa shape index (κ3) is 3.60. The van der Waals surface area contributed by atoms with Crippen LogP contribution < -0.4 is 5.32 Å². The average molecular weight is 411 g/mol. The highest BCUT2D eigenvalue weighted by molar-refractivity contribution is 5.92. The lowest BCUT2D eigenvalue weighted by Gasteiger charge is -2.12. The molecule has 0 aliphatic carbocycles. The number of carbonyl (C=O) groups is 1. The largest absolute Gasteiger partial charge is 0.464 e. The second-order valence-electron chi connectivity index (χ2n) is 7.26. The van der Waals surface area contributed by atoms with E-state index in [0.717, 1.165) is 33.6 Å². The van der Waals surface area contributed by atoms with E-state index < -0.39 is 5.97 Å². The molecule has 2 aromatic carbocycles. The number of hydrogen-bond acceptors (Lipinski definition) is 5. The average Bonchev–Trinajstić information content (AvgIpc) is 3.10. The quantitative estimate of drug-likeness (QED) is 0.359. The van der Waals surface area contributed by atoms with Crippen molar-refractivity contribution in [2.24, 2.45) is 0 Å². The monoisotopic (exact) mass is 411 g/mol. The predicted octanol–water partition coefficient (Wildman–Crippen LogP) is 5.40. The Balaban J connectivity index is 1.96. The molecule has 0 amide bonds. The number of fused-ring (bicyclic) bond motifs is 1. The number of hydrogen-bond donors (Lipinski definition) is 1. The van der Waals surface area contributed by atoms with Crippen LogP contribution in [0.15, 0.2) is 48.5 Å². The Morgan fingerprint density at radius 2 is 1.74 bits per heavy atom. The lowest BCUT2D eigenvalue weighted by atomic mass is 9.96. The smallest absolute Gasteiger partial charge is 0.356 e. The highest BCUT2D eigenvalue weighted by Gasteiger charge is 2.21. The number of methoxy groups -OCH3 is 1. The van der Waals surface area contributed by atoms with Crippen LogP contribution in [-0.4, -0.2) is 27.7 Å². The summed E-state index contributed by atoms with van der Waals surface area (Å²) in [4.78, 5) is 20.4. The summed E-state index contributed by atoms with van der Waals surface area (Å²) >= 11 is 0. The number of benzene rings is 2. The topological polar surface area (TPSA) is 72.9 Å². The van der Waals surface area contributed by atoms with Crippen LogP contribution in [0, 0.1) is 27.3 Å². The molecule has 0 bridgehead atoms.